The van der Waals surface area contributed by atoms with E-state index in [1.54, 1.807) is 7.11 Å². The van der Waals surface area contributed by atoms with Crippen LogP contribution in [0.3, 0.4) is 0 Å². The number of nitrogens with one attached hydrogen (secondary N) is 1. The Kier molecular flexibility index (Phi) is 7.11. The molecule has 0 unspecified atom stereocenters. The molecule has 1 fully saturated rings. The predicted octanol–water partition coefficient (Wildman–Crippen LogP) is 2.57. The topological polar surface area (TPSA) is 44.8 Å². The maximum Gasteiger partial charge on any atom is 0.221 e. The fourth-order valence-electron chi connectivity index (χ4n) is 3.46. The van der Waals surface area contributed by atoms with E-state index in [9.17, 15) is 4.79 Å². The van der Waals surface area contributed by atoms with E-state index in [2.05, 4.69) is 39.4 Å². The van der Waals surface area contributed by atoms with Gasteiger partial charge in [-0.3, -0.25) is 9.69 Å². The Morgan fingerprint density at radius 3 is 2.44 bits per heavy atom. The molecule has 1 aliphatic rings. The van der Waals surface area contributed by atoms with Gasteiger partial charge in [-0.2, -0.15) is 0 Å². The minimum Gasteiger partial charge on any atom is -0.496 e. The first kappa shape index (κ1) is 19.2. The molecular weight excluding hydrogens is 338 g/mol. The number of methoxy groups -OCH3 is 1. The predicted molar refractivity (Wildman–Crippen MR) is 109 cm³/mol. The van der Waals surface area contributed by atoms with E-state index in [-0.39, 0.29) is 5.91 Å². The Hall–Kier alpha value is -2.53. The lowest BCUT2D eigenvalue weighted by atomic mass is 10.1. The Labute approximate surface area is 161 Å². The summed E-state index contributed by atoms with van der Waals surface area (Å²) in [6, 6.07) is 18.5. The number of ether oxygens (including phenoxy) is 1. The van der Waals surface area contributed by atoms with E-state index in [4.69, 9.17) is 4.74 Å². The standard InChI is InChI=1S/C22H29N3O2/c1-27-21-10-6-5-7-19(21)11-13-23-22(26)12-14-24-15-17-25(18-16-24)20-8-3-2-4-9-20/h2-10H,11-18H2,1H3,(H,23,26). The molecule has 0 aliphatic carbocycles. The Bertz CT molecular complexity index is 713. The van der Waals surface area contributed by atoms with Gasteiger partial charge in [0.15, 0.2) is 0 Å². The van der Waals surface area contributed by atoms with E-state index in [1.807, 2.05) is 30.3 Å². The molecule has 3 rings (SSSR count). The zero-order chi connectivity index (χ0) is 18.9. The molecule has 1 heterocycles. The van der Waals surface area contributed by atoms with Gasteiger partial charge >= 0.3 is 0 Å². The number of hydrogen-bond acceptors (Lipinski definition) is 4. The van der Waals surface area contributed by atoms with E-state index in [1.165, 1.54) is 5.69 Å². The van der Waals surface area contributed by atoms with Crippen molar-refractivity contribution in [3.05, 3.63) is 60.2 Å². The quantitative estimate of drug-likeness (QED) is 0.779. The average molecular weight is 367 g/mol. The lowest BCUT2D eigenvalue weighted by Gasteiger charge is -2.36. The van der Waals surface area contributed by atoms with Crippen molar-refractivity contribution in [3.8, 4) is 5.75 Å². The highest BCUT2D eigenvalue weighted by atomic mass is 16.5. The van der Waals surface area contributed by atoms with Crippen LogP contribution in [0.2, 0.25) is 0 Å². The maximum atomic E-state index is 12.1. The van der Waals surface area contributed by atoms with Gasteiger partial charge in [-0.05, 0) is 30.2 Å². The number of benzene rings is 2. The summed E-state index contributed by atoms with van der Waals surface area (Å²) in [6.45, 7) is 5.50. The molecule has 1 amide bonds. The first-order valence-electron chi connectivity index (χ1n) is 9.67. The number of nitrogens with zero attached hydrogens (tertiary/aromatic N) is 2. The summed E-state index contributed by atoms with van der Waals surface area (Å²) in [6.07, 6.45) is 1.34. The third-order valence-corrected chi connectivity index (χ3v) is 5.06. The summed E-state index contributed by atoms with van der Waals surface area (Å²) in [5.41, 5.74) is 2.41. The smallest absolute Gasteiger partial charge is 0.221 e. The van der Waals surface area contributed by atoms with Crippen molar-refractivity contribution >= 4 is 11.6 Å². The zero-order valence-corrected chi connectivity index (χ0v) is 16.1. The first-order valence-corrected chi connectivity index (χ1v) is 9.67. The van der Waals surface area contributed by atoms with Crippen molar-refractivity contribution in [2.75, 3.05) is 51.3 Å². The van der Waals surface area contributed by atoms with Gasteiger partial charge in [0, 0.05) is 51.4 Å². The van der Waals surface area contributed by atoms with Crippen molar-refractivity contribution in [2.24, 2.45) is 0 Å². The minimum absolute atomic E-state index is 0.121. The highest BCUT2D eigenvalue weighted by Crippen LogP contribution is 2.17. The lowest BCUT2D eigenvalue weighted by molar-refractivity contribution is -0.121. The molecule has 2 aromatic rings. The van der Waals surface area contributed by atoms with E-state index >= 15 is 0 Å². The molecule has 5 nitrogen and oxygen atoms in total. The third-order valence-electron chi connectivity index (χ3n) is 5.06. The van der Waals surface area contributed by atoms with E-state index in [0.29, 0.717) is 13.0 Å². The van der Waals surface area contributed by atoms with Gasteiger partial charge in [0.1, 0.15) is 5.75 Å². The molecule has 0 aromatic heterocycles. The van der Waals surface area contributed by atoms with Crippen molar-refractivity contribution < 1.29 is 9.53 Å². The first-order chi connectivity index (χ1) is 13.3. The monoisotopic (exact) mass is 367 g/mol. The summed E-state index contributed by atoms with van der Waals surface area (Å²) in [5.74, 6) is 0.999. The van der Waals surface area contributed by atoms with Gasteiger partial charge in [-0.1, -0.05) is 36.4 Å². The molecule has 0 atom stereocenters. The summed E-state index contributed by atoms with van der Waals surface area (Å²) in [5, 5.41) is 3.03. The molecule has 27 heavy (non-hydrogen) atoms. The molecular formula is C22H29N3O2. The second kappa shape index (κ2) is 9.97. The normalized spacial score (nSPS) is 14.8. The average Bonchev–Trinajstić information content (AvgIpc) is 2.73. The fraction of sp³-hybridized carbons (Fsp3) is 0.409. The van der Waals surface area contributed by atoms with Crippen LogP contribution in [0.5, 0.6) is 5.75 Å². The number of hydrogen-bond donors (Lipinski definition) is 1. The summed E-state index contributed by atoms with van der Waals surface area (Å²) in [7, 11) is 1.68. The molecule has 1 N–H and O–H groups in total. The number of rotatable bonds is 8. The van der Waals surface area contributed by atoms with Crippen LogP contribution in [0.15, 0.2) is 54.6 Å². The molecule has 0 saturated carbocycles. The van der Waals surface area contributed by atoms with Crippen LogP contribution in [0, 0.1) is 0 Å². The van der Waals surface area contributed by atoms with Crippen molar-refractivity contribution in [2.45, 2.75) is 12.8 Å². The maximum absolute atomic E-state index is 12.1. The van der Waals surface area contributed by atoms with Gasteiger partial charge in [0.2, 0.25) is 5.91 Å². The Balaban J connectivity index is 1.33. The fourth-order valence-corrected chi connectivity index (χ4v) is 3.46. The number of carbonyl (C=O) groups excluding carboxylic acids is 1. The Morgan fingerprint density at radius 2 is 1.70 bits per heavy atom. The van der Waals surface area contributed by atoms with Gasteiger partial charge in [-0.15, -0.1) is 0 Å². The molecule has 1 aliphatic heterocycles. The summed E-state index contributed by atoms with van der Waals surface area (Å²) >= 11 is 0. The lowest BCUT2D eigenvalue weighted by Crippen LogP contribution is -2.47. The summed E-state index contributed by atoms with van der Waals surface area (Å²) < 4.78 is 5.35. The van der Waals surface area contributed by atoms with Gasteiger partial charge < -0.3 is 15.0 Å². The number of anilines is 1. The highest BCUT2D eigenvalue weighted by molar-refractivity contribution is 5.76. The molecule has 0 bridgehead atoms. The second-order valence-corrected chi connectivity index (χ2v) is 6.83. The molecule has 0 radical (unpaired) electrons. The zero-order valence-electron chi connectivity index (χ0n) is 16.1. The Morgan fingerprint density at radius 1 is 1.00 bits per heavy atom. The largest absolute Gasteiger partial charge is 0.496 e. The van der Waals surface area contributed by atoms with Crippen molar-refractivity contribution in [3.63, 3.8) is 0 Å². The van der Waals surface area contributed by atoms with Crippen LogP contribution in [0.4, 0.5) is 5.69 Å². The number of piperazine rings is 1. The van der Waals surface area contributed by atoms with Crippen LogP contribution in [-0.4, -0.2) is 57.2 Å². The van der Waals surface area contributed by atoms with Crippen LogP contribution in [0.25, 0.3) is 0 Å². The van der Waals surface area contributed by atoms with Crippen molar-refractivity contribution in [1.82, 2.24) is 10.2 Å². The number of carbonyl (C=O) groups is 1. The van der Waals surface area contributed by atoms with Crippen molar-refractivity contribution in [1.29, 1.82) is 0 Å². The highest BCUT2D eigenvalue weighted by Gasteiger charge is 2.17. The molecule has 5 heteroatoms. The number of amides is 1. The second-order valence-electron chi connectivity index (χ2n) is 6.83. The van der Waals surface area contributed by atoms with Gasteiger partial charge in [0.25, 0.3) is 0 Å². The van der Waals surface area contributed by atoms with Gasteiger partial charge in [0.05, 0.1) is 7.11 Å². The number of para-hydroxylation sites is 2. The van der Waals surface area contributed by atoms with Crippen LogP contribution >= 0.6 is 0 Å². The minimum atomic E-state index is 0.121. The van der Waals surface area contributed by atoms with Gasteiger partial charge in [-0.25, -0.2) is 0 Å². The van der Waals surface area contributed by atoms with Crippen LogP contribution in [0.1, 0.15) is 12.0 Å². The van der Waals surface area contributed by atoms with Crippen LogP contribution in [-0.2, 0) is 11.2 Å². The van der Waals surface area contributed by atoms with E-state index in [0.717, 1.165) is 50.5 Å². The molecule has 1 saturated heterocycles. The van der Waals surface area contributed by atoms with Crippen LogP contribution < -0.4 is 15.0 Å². The molecule has 144 valence electrons. The van der Waals surface area contributed by atoms with E-state index < -0.39 is 0 Å². The molecule has 2 aromatic carbocycles. The summed E-state index contributed by atoms with van der Waals surface area (Å²) in [4.78, 5) is 16.9. The molecule has 0 spiro atoms. The SMILES string of the molecule is COc1ccccc1CCNC(=O)CCN1CCN(c2ccccc2)CC1. The third kappa shape index (κ3) is 5.73.